The molecule has 0 spiro atoms. The summed E-state index contributed by atoms with van der Waals surface area (Å²) >= 11 is 0. The molecule has 0 atom stereocenters. The van der Waals surface area contributed by atoms with Gasteiger partial charge in [0.25, 0.3) is 0 Å². The molecular weight excluding hydrogens is 232 g/mol. The van der Waals surface area contributed by atoms with Gasteiger partial charge in [0.2, 0.25) is 9.84 Å². The van der Waals surface area contributed by atoms with E-state index >= 15 is 0 Å². The molecule has 0 aliphatic heterocycles. The Morgan fingerprint density at radius 2 is 1.59 bits per heavy atom. The minimum atomic E-state index is -3.43. The molecule has 2 rings (SSSR count). The summed E-state index contributed by atoms with van der Waals surface area (Å²) in [6.45, 7) is 3.59. The van der Waals surface area contributed by atoms with Gasteiger partial charge in [-0.05, 0) is 43.2 Å². The summed E-state index contributed by atoms with van der Waals surface area (Å²) < 4.78 is 24.9. The molecule has 0 aliphatic carbocycles. The Kier molecular flexibility index (Phi) is 3.03. The molecule has 0 fully saturated rings. The molecule has 0 heterocycles. The van der Waals surface area contributed by atoms with Crippen LogP contribution >= 0.6 is 0 Å². The van der Waals surface area contributed by atoms with Gasteiger partial charge in [-0.25, -0.2) is 8.42 Å². The van der Waals surface area contributed by atoms with Crippen molar-refractivity contribution >= 4 is 9.84 Å². The standard InChI is InChI=1S/C14H13O2S/c1-11-7-3-5-9-13(11)17(15,16)14-10-6-4-8-12(14)2/h3-5,7-10H,1-2H3. The van der Waals surface area contributed by atoms with E-state index in [9.17, 15) is 8.42 Å². The van der Waals surface area contributed by atoms with Crippen LogP contribution in [0.2, 0.25) is 0 Å². The fourth-order valence-corrected chi connectivity index (χ4v) is 3.46. The topological polar surface area (TPSA) is 34.1 Å². The molecule has 0 aromatic heterocycles. The second-order valence-corrected chi connectivity index (χ2v) is 5.85. The van der Waals surface area contributed by atoms with E-state index in [1.165, 1.54) is 6.07 Å². The second kappa shape index (κ2) is 4.34. The fourth-order valence-electron chi connectivity index (χ4n) is 1.76. The third-order valence-corrected chi connectivity index (χ3v) is 4.76. The van der Waals surface area contributed by atoms with Gasteiger partial charge < -0.3 is 0 Å². The minimum absolute atomic E-state index is 0.328. The normalized spacial score (nSPS) is 11.4. The van der Waals surface area contributed by atoms with Gasteiger partial charge in [-0.15, -0.1) is 0 Å². The average molecular weight is 245 g/mol. The maximum Gasteiger partial charge on any atom is 0.207 e. The van der Waals surface area contributed by atoms with Crippen LogP contribution < -0.4 is 0 Å². The van der Waals surface area contributed by atoms with E-state index in [1.807, 2.05) is 6.07 Å². The van der Waals surface area contributed by atoms with Crippen LogP contribution in [0.25, 0.3) is 0 Å². The number of hydrogen-bond donors (Lipinski definition) is 0. The molecule has 0 aliphatic rings. The van der Waals surface area contributed by atoms with Crippen molar-refractivity contribution in [2.75, 3.05) is 0 Å². The van der Waals surface area contributed by atoms with Crippen molar-refractivity contribution < 1.29 is 8.42 Å². The highest BCUT2D eigenvalue weighted by atomic mass is 32.2. The molecule has 2 nitrogen and oxygen atoms in total. The van der Waals surface area contributed by atoms with Crippen LogP contribution in [0.15, 0.2) is 52.3 Å². The van der Waals surface area contributed by atoms with E-state index in [0.717, 1.165) is 11.1 Å². The summed E-state index contributed by atoms with van der Waals surface area (Å²) in [6, 6.07) is 14.8. The lowest BCUT2D eigenvalue weighted by molar-refractivity contribution is 0.595. The van der Waals surface area contributed by atoms with Crippen molar-refractivity contribution in [2.45, 2.75) is 23.6 Å². The number of aryl methyl sites for hydroxylation is 2. The van der Waals surface area contributed by atoms with Gasteiger partial charge in [-0.1, -0.05) is 30.3 Å². The molecule has 0 N–H and O–H groups in total. The Hall–Kier alpha value is -1.61. The van der Waals surface area contributed by atoms with Gasteiger partial charge in [0, 0.05) is 0 Å². The number of rotatable bonds is 2. The first kappa shape index (κ1) is 11.9. The summed E-state index contributed by atoms with van der Waals surface area (Å²) in [6.07, 6.45) is 0. The predicted molar refractivity (Wildman–Crippen MR) is 66.6 cm³/mol. The fraction of sp³-hybridized carbons (Fsp3) is 0.143. The lowest BCUT2D eigenvalue weighted by atomic mass is 10.2. The summed E-state index contributed by atoms with van der Waals surface area (Å²) in [7, 11) is -3.43. The monoisotopic (exact) mass is 245 g/mol. The highest BCUT2D eigenvalue weighted by Crippen LogP contribution is 2.25. The zero-order chi connectivity index (χ0) is 12.5. The maximum absolute atomic E-state index is 12.5. The smallest absolute Gasteiger partial charge is 0.207 e. The molecule has 0 bridgehead atoms. The van der Waals surface area contributed by atoms with Crippen LogP contribution in [0.1, 0.15) is 11.1 Å². The van der Waals surface area contributed by atoms with Gasteiger partial charge in [0.15, 0.2) is 0 Å². The Labute approximate surface area is 102 Å². The third-order valence-electron chi connectivity index (χ3n) is 2.71. The van der Waals surface area contributed by atoms with E-state index in [1.54, 1.807) is 44.2 Å². The first-order valence-corrected chi connectivity index (χ1v) is 6.79. The zero-order valence-electron chi connectivity index (χ0n) is 9.77. The first-order valence-electron chi connectivity index (χ1n) is 5.31. The molecule has 3 heteroatoms. The van der Waals surface area contributed by atoms with Gasteiger partial charge in [0.05, 0.1) is 9.79 Å². The van der Waals surface area contributed by atoms with Crippen molar-refractivity contribution in [1.82, 2.24) is 0 Å². The van der Waals surface area contributed by atoms with Crippen LogP contribution in [-0.4, -0.2) is 8.42 Å². The van der Waals surface area contributed by atoms with Crippen molar-refractivity contribution in [3.05, 3.63) is 59.7 Å². The SMILES string of the molecule is Cc1cc[c]cc1S(=O)(=O)c1ccccc1C. The van der Waals surface area contributed by atoms with Crippen LogP contribution in [0, 0.1) is 19.9 Å². The largest absolute Gasteiger partial charge is 0.218 e. The third kappa shape index (κ3) is 2.11. The molecule has 0 saturated heterocycles. The maximum atomic E-state index is 12.5. The first-order chi connectivity index (χ1) is 8.03. The summed E-state index contributed by atoms with van der Waals surface area (Å²) in [5.41, 5.74) is 1.50. The molecule has 0 amide bonds. The quantitative estimate of drug-likeness (QED) is 0.815. The minimum Gasteiger partial charge on any atom is -0.218 e. The lowest BCUT2D eigenvalue weighted by Crippen LogP contribution is -2.05. The van der Waals surface area contributed by atoms with Crippen LogP contribution in [0.4, 0.5) is 0 Å². The molecule has 1 radical (unpaired) electrons. The Morgan fingerprint density at radius 1 is 0.941 bits per heavy atom. The van der Waals surface area contributed by atoms with E-state index in [-0.39, 0.29) is 0 Å². The van der Waals surface area contributed by atoms with Crippen molar-refractivity contribution in [3.8, 4) is 0 Å². The predicted octanol–water partition coefficient (Wildman–Crippen LogP) is 2.94. The van der Waals surface area contributed by atoms with E-state index in [0.29, 0.717) is 9.79 Å². The highest BCUT2D eigenvalue weighted by molar-refractivity contribution is 7.91. The van der Waals surface area contributed by atoms with Crippen molar-refractivity contribution in [3.63, 3.8) is 0 Å². The van der Waals surface area contributed by atoms with Gasteiger partial charge in [-0.2, -0.15) is 0 Å². The summed E-state index contributed by atoms with van der Waals surface area (Å²) in [5, 5.41) is 0. The van der Waals surface area contributed by atoms with Crippen molar-refractivity contribution in [1.29, 1.82) is 0 Å². The summed E-state index contributed by atoms with van der Waals surface area (Å²) in [5.74, 6) is 0. The Bertz CT molecular complexity index is 591. The average Bonchev–Trinajstić information content (AvgIpc) is 2.29. The number of sulfone groups is 1. The zero-order valence-corrected chi connectivity index (χ0v) is 10.6. The Morgan fingerprint density at radius 3 is 2.24 bits per heavy atom. The van der Waals surface area contributed by atoms with Gasteiger partial charge in [-0.3, -0.25) is 0 Å². The molecule has 0 unspecified atom stereocenters. The van der Waals surface area contributed by atoms with Crippen molar-refractivity contribution in [2.24, 2.45) is 0 Å². The molecule has 17 heavy (non-hydrogen) atoms. The van der Waals surface area contributed by atoms with Crippen LogP contribution in [0.3, 0.4) is 0 Å². The van der Waals surface area contributed by atoms with Gasteiger partial charge >= 0.3 is 0 Å². The highest BCUT2D eigenvalue weighted by Gasteiger charge is 2.20. The molecule has 2 aromatic carbocycles. The molecule has 87 valence electrons. The van der Waals surface area contributed by atoms with Crippen LogP contribution in [0.5, 0.6) is 0 Å². The Balaban J connectivity index is 2.67. The van der Waals surface area contributed by atoms with Crippen LogP contribution in [-0.2, 0) is 9.84 Å². The van der Waals surface area contributed by atoms with E-state index in [2.05, 4.69) is 6.07 Å². The lowest BCUT2D eigenvalue weighted by Gasteiger charge is -2.09. The van der Waals surface area contributed by atoms with E-state index in [4.69, 9.17) is 0 Å². The molecular formula is C14H13O2S. The molecule has 0 saturated carbocycles. The summed E-state index contributed by atoms with van der Waals surface area (Å²) in [4.78, 5) is 0.692. The number of hydrogen-bond acceptors (Lipinski definition) is 2. The van der Waals surface area contributed by atoms with Gasteiger partial charge in [0.1, 0.15) is 0 Å². The number of benzene rings is 2. The second-order valence-electron chi connectivity index (χ2n) is 3.96. The molecule has 2 aromatic rings. The van der Waals surface area contributed by atoms with E-state index < -0.39 is 9.84 Å².